The first kappa shape index (κ1) is 31.0. The maximum absolute atomic E-state index is 14.3. The molecular formula is C40H43N5O2. The molecule has 2 aliphatic heterocycles. The Hall–Kier alpha value is -4.62. The van der Waals surface area contributed by atoms with Crippen LogP contribution in [0.25, 0.3) is 11.0 Å². The fourth-order valence-electron chi connectivity index (χ4n) is 7.63. The van der Waals surface area contributed by atoms with Crippen LogP contribution in [0.4, 0.5) is 0 Å². The van der Waals surface area contributed by atoms with Crippen molar-refractivity contribution in [1.82, 2.24) is 24.3 Å². The van der Waals surface area contributed by atoms with Gasteiger partial charge in [-0.2, -0.15) is 0 Å². The van der Waals surface area contributed by atoms with Gasteiger partial charge >= 0.3 is 0 Å². The van der Waals surface area contributed by atoms with Crippen molar-refractivity contribution in [3.63, 3.8) is 0 Å². The van der Waals surface area contributed by atoms with E-state index in [0.29, 0.717) is 18.9 Å². The maximum atomic E-state index is 14.3. The second-order valence-corrected chi connectivity index (χ2v) is 13.3. The zero-order chi connectivity index (χ0) is 32.1. The molecule has 0 N–H and O–H groups in total. The summed E-state index contributed by atoms with van der Waals surface area (Å²) in [6.07, 6.45) is 6.90. The number of aromatic nitrogens is 3. The largest absolute Gasteiger partial charge is 0.338 e. The first-order valence-electron chi connectivity index (χ1n) is 17.1. The molecule has 2 aliphatic rings. The van der Waals surface area contributed by atoms with Crippen molar-refractivity contribution in [3.8, 4) is 0 Å². The molecule has 2 aromatic heterocycles. The van der Waals surface area contributed by atoms with E-state index >= 15 is 0 Å². The summed E-state index contributed by atoms with van der Waals surface area (Å²) >= 11 is 0. The van der Waals surface area contributed by atoms with Gasteiger partial charge in [-0.05, 0) is 93.6 Å². The number of benzene rings is 3. The summed E-state index contributed by atoms with van der Waals surface area (Å²) in [5.74, 6) is 0.870. The van der Waals surface area contributed by atoms with Gasteiger partial charge in [0.1, 0.15) is 0 Å². The van der Waals surface area contributed by atoms with Crippen LogP contribution in [0.3, 0.4) is 0 Å². The molecule has 7 heteroatoms. The van der Waals surface area contributed by atoms with E-state index in [0.717, 1.165) is 81.4 Å². The van der Waals surface area contributed by atoms with E-state index in [4.69, 9.17) is 4.98 Å². The molecule has 2 fully saturated rings. The van der Waals surface area contributed by atoms with Gasteiger partial charge in [0.2, 0.25) is 11.7 Å². The van der Waals surface area contributed by atoms with E-state index < -0.39 is 5.41 Å². The maximum Gasteiger partial charge on any atom is 0.229 e. The minimum absolute atomic E-state index is 0.0681. The third kappa shape index (κ3) is 6.91. The number of hydrogen-bond donors (Lipinski definition) is 0. The molecule has 0 saturated carbocycles. The second-order valence-electron chi connectivity index (χ2n) is 13.3. The van der Waals surface area contributed by atoms with E-state index in [-0.39, 0.29) is 17.6 Å². The van der Waals surface area contributed by atoms with Gasteiger partial charge in [0.05, 0.1) is 28.7 Å². The van der Waals surface area contributed by atoms with Crippen LogP contribution in [0.15, 0.2) is 109 Å². The molecule has 0 spiro atoms. The minimum Gasteiger partial charge on any atom is -0.338 e. The lowest BCUT2D eigenvalue weighted by Gasteiger charge is -2.43. The number of carbonyl (C=O) groups is 2. The highest BCUT2D eigenvalue weighted by molar-refractivity contribution is 5.98. The average molecular weight is 626 g/mol. The molecule has 5 aromatic rings. The van der Waals surface area contributed by atoms with Crippen molar-refractivity contribution in [1.29, 1.82) is 0 Å². The number of fused-ring (bicyclic) bond motifs is 1. The molecule has 0 aliphatic carbocycles. The van der Waals surface area contributed by atoms with Crippen LogP contribution < -0.4 is 0 Å². The Morgan fingerprint density at radius 2 is 1.49 bits per heavy atom. The lowest BCUT2D eigenvalue weighted by Crippen LogP contribution is -2.51. The van der Waals surface area contributed by atoms with Gasteiger partial charge in [-0.1, -0.05) is 78.9 Å². The zero-order valence-corrected chi connectivity index (χ0v) is 27.0. The second kappa shape index (κ2) is 14.0. The molecule has 1 atom stereocenters. The first-order valence-corrected chi connectivity index (χ1v) is 17.1. The van der Waals surface area contributed by atoms with Crippen LogP contribution in [0.2, 0.25) is 0 Å². The number of para-hydroxylation sites is 2. The number of nitrogens with zero attached hydrogens (tertiary/aromatic N) is 5. The smallest absolute Gasteiger partial charge is 0.229 e. The van der Waals surface area contributed by atoms with Crippen molar-refractivity contribution in [2.24, 2.45) is 11.3 Å². The highest BCUT2D eigenvalue weighted by Crippen LogP contribution is 2.39. The number of Topliss-reactive ketones (excluding diaryl/α,β-unsaturated/α-hetero) is 1. The fraction of sp³-hybridized carbons (Fsp3) is 0.350. The number of ketones is 1. The summed E-state index contributed by atoms with van der Waals surface area (Å²) in [6.45, 7) is 4.54. The topological polar surface area (TPSA) is 71.3 Å². The SMILES string of the molecule is O=C(c1nc2ccccc2n1Cc1ccccn1)C1CCN(CCC2(Cc3ccccc3)CCCN(Cc3ccccc3)C2=O)CC1. The van der Waals surface area contributed by atoms with Gasteiger partial charge in [0, 0.05) is 25.2 Å². The molecular weight excluding hydrogens is 582 g/mol. The number of carbonyl (C=O) groups excluding carboxylic acids is 2. The molecule has 1 unspecified atom stereocenters. The summed E-state index contributed by atoms with van der Waals surface area (Å²) < 4.78 is 2.04. The Morgan fingerprint density at radius 3 is 2.23 bits per heavy atom. The van der Waals surface area contributed by atoms with E-state index in [1.165, 1.54) is 11.1 Å². The zero-order valence-electron chi connectivity index (χ0n) is 27.0. The summed E-state index contributed by atoms with van der Waals surface area (Å²) in [5.41, 5.74) is 4.69. The molecule has 0 bridgehead atoms. The molecule has 1 amide bonds. The third-order valence-corrected chi connectivity index (χ3v) is 10.2. The summed E-state index contributed by atoms with van der Waals surface area (Å²) in [4.78, 5) is 42.2. The minimum atomic E-state index is -0.419. The Balaban J connectivity index is 1.03. The molecule has 7 nitrogen and oxygen atoms in total. The monoisotopic (exact) mass is 625 g/mol. The van der Waals surface area contributed by atoms with Crippen LogP contribution in [0, 0.1) is 11.3 Å². The number of rotatable bonds is 11. The van der Waals surface area contributed by atoms with E-state index in [9.17, 15) is 9.59 Å². The van der Waals surface area contributed by atoms with Crippen molar-refractivity contribution in [2.45, 2.75) is 51.6 Å². The number of pyridine rings is 1. The van der Waals surface area contributed by atoms with E-state index in [2.05, 4.69) is 51.2 Å². The predicted octanol–water partition coefficient (Wildman–Crippen LogP) is 6.82. The third-order valence-electron chi connectivity index (χ3n) is 10.2. The number of amides is 1. The van der Waals surface area contributed by atoms with Crippen LogP contribution in [-0.2, 0) is 24.3 Å². The number of hydrogen-bond acceptors (Lipinski definition) is 5. The first-order chi connectivity index (χ1) is 23.1. The molecule has 7 rings (SSSR count). The molecule has 0 radical (unpaired) electrons. The standard InChI is InChI=1S/C40H43N5O2/c46-37(38-42-35-17-7-8-18-36(35)45(38)30-34-16-9-10-23-41-34)33-19-25-43(26-20-33)27-22-40(28-31-12-3-1-4-13-31)21-11-24-44(39(40)47)29-32-14-5-2-6-15-32/h1-10,12-18,23,33H,11,19-22,24-30H2. The van der Waals surface area contributed by atoms with Crippen molar-refractivity contribution in [3.05, 3.63) is 132 Å². The Morgan fingerprint density at radius 1 is 0.787 bits per heavy atom. The lowest BCUT2D eigenvalue weighted by atomic mass is 9.71. The Labute approximate surface area is 277 Å². The number of likely N-dealkylation sites (tertiary alicyclic amines) is 2. The summed E-state index contributed by atoms with van der Waals surface area (Å²) in [5, 5.41) is 0. The molecule has 2 saturated heterocycles. The molecule has 47 heavy (non-hydrogen) atoms. The number of imidazole rings is 1. The van der Waals surface area contributed by atoms with Crippen LogP contribution in [0.5, 0.6) is 0 Å². The van der Waals surface area contributed by atoms with Crippen LogP contribution in [-0.4, -0.2) is 62.2 Å². The van der Waals surface area contributed by atoms with Crippen molar-refractivity contribution < 1.29 is 9.59 Å². The summed E-state index contributed by atoms with van der Waals surface area (Å²) in [6, 6.07) is 34.7. The van der Waals surface area contributed by atoms with Gasteiger partial charge in [0.15, 0.2) is 5.82 Å². The van der Waals surface area contributed by atoms with E-state index in [1.54, 1.807) is 6.20 Å². The Bertz CT molecular complexity index is 1800. The number of piperidine rings is 2. The van der Waals surface area contributed by atoms with Gasteiger partial charge in [-0.25, -0.2) is 4.98 Å². The quantitative estimate of drug-likeness (QED) is 0.151. The highest BCUT2D eigenvalue weighted by atomic mass is 16.2. The van der Waals surface area contributed by atoms with E-state index in [1.807, 2.05) is 71.3 Å². The van der Waals surface area contributed by atoms with Crippen molar-refractivity contribution in [2.75, 3.05) is 26.2 Å². The fourth-order valence-corrected chi connectivity index (χ4v) is 7.63. The van der Waals surface area contributed by atoms with Gasteiger partial charge in [-0.15, -0.1) is 0 Å². The molecule has 3 aromatic carbocycles. The van der Waals surface area contributed by atoms with Gasteiger partial charge in [-0.3, -0.25) is 14.6 Å². The lowest BCUT2D eigenvalue weighted by molar-refractivity contribution is -0.148. The van der Waals surface area contributed by atoms with Crippen LogP contribution >= 0.6 is 0 Å². The van der Waals surface area contributed by atoms with Crippen molar-refractivity contribution >= 4 is 22.7 Å². The van der Waals surface area contributed by atoms with Crippen LogP contribution in [0.1, 0.15) is 59.5 Å². The molecule has 240 valence electrons. The highest BCUT2D eigenvalue weighted by Gasteiger charge is 2.44. The van der Waals surface area contributed by atoms with Gasteiger partial charge < -0.3 is 14.4 Å². The molecule has 4 heterocycles. The average Bonchev–Trinajstić information content (AvgIpc) is 3.48. The Kier molecular flexibility index (Phi) is 9.25. The normalized spacial score (nSPS) is 19.3. The predicted molar refractivity (Wildman–Crippen MR) is 185 cm³/mol. The summed E-state index contributed by atoms with van der Waals surface area (Å²) in [7, 11) is 0. The van der Waals surface area contributed by atoms with Gasteiger partial charge in [0.25, 0.3) is 0 Å².